The first-order valence-corrected chi connectivity index (χ1v) is 6.95. The molecule has 0 bridgehead atoms. The van der Waals surface area contributed by atoms with Crippen LogP contribution in [0.15, 0.2) is 30.3 Å². The van der Waals surface area contributed by atoms with Gasteiger partial charge in [0.25, 0.3) is 5.91 Å². The van der Waals surface area contributed by atoms with Gasteiger partial charge < -0.3 is 4.90 Å². The topological polar surface area (TPSA) is 60.9 Å². The molecule has 2 unspecified atom stereocenters. The minimum Gasteiger partial charge on any atom is -0.347 e. The predicted molar refractivity (Wildman–Crippen MR) is 76.7 cm³/mol. The second-order valence-corrected chi connectivity index (χ2v) is 5.54. The van der Waals surface area contributed by atoms with Gasteiger partial charge in [-0.2, -0.15) is 0 Å². The molecule has 0 spiro atoms. The number of hydrogen-bond donors (Lipinski definition) is 0. The van der Waals surface area contributed by atoms with Crippen molar-refractivity contribution >= 4 is 23.5 Å². The van der Waals surface area contributed by atoms with E-state index in [1.54, 1.807) is 38.4 Å². The van der Waals surface area contributed by atoms with Crippen LogP contribution in [0.1, 0.15) is 12.8 Å². The lowest BCUT2D eigenvalue weighted by molar-refractivity contribution is -0.132. The summed E-state index contributed by atoms with van der Waals surface area (Å²) in [5.74, 6) is -0.367. The second kappa shape index (κ2) is 4.87. The number of urea groups is 1. The minimum atomic E-state index is -0.532. The van der Waals surface area contributed by atoms with Gasteiger partial charge in [-0.05, 0) is 25.0 Å². The van der Waals surface area contributed by atoms with Crippen molar-refractivity contribution in [3.63, 3.8) is 0 Å². The van der Waals surface area contributed by atoms with Crippen LogP contribution in [-0.2, 0) is 9.59 Å². The zero-order valence-corrected chi connectivity index (χ0v) is 12.0. The molecule has 110 valence electrons. The van der Waals surface area contributed by atoms with Crippen LogP contribution in [0.3, 0.4) is 0 Å². The van der Waals surface area contributed by atoms with Crippen LogP contribution in [0, 0.1) is 0 Å². The van der Waals surface area contributed by atoms with Crippen LogP contribution in [0.5, 0.6) is 0 Å². The molecule has 0 N–H and O–H groups in total. The number of carbonyl (C=O) groups excluding carboxylic acids is 3. The highest BCUT2D eigenvalue weighted by molar-refractivity contribution is 6.22. The monoisotopic (exact) mass is 287 g/mol. The molecule has 1 aromatic carbocycles. The Morgan fingerprint density at radius 2 is 1.81 bits per heavy atom. The lowest BCUT2D eigenvalue weighted by Gasteiger charge is -2.25. The van der Waals surface area contributed by atoms with Gasteiger partial charge in [0.1, 0.15) is 12.1 Å². The van der Waals surface area contributed by atoms with Crippen molar-refractivity contribution in [3.8, 4) is 0 Å². The van der Waals surface area contributed by atoms with E-state index in [1.807, 2.05) is 6.07 Å². The number of nitrogens with zero attached hydrogens (tertiary/aromatic N) is 3. The summed E-state index contributed by atoms with van der Waals surface area (Å²) in [6.07, 6.45) is 1.08. The molecular weight excluding hydrogens is 270 g/mol. The number of benzene rings is 1. The van der Waals surface area contributed by atoms with Gasteiger partial charge in [0, 0.05) is 14.1 Å². The molecule has 2 fully saturated rings. The molecule has 2 aliphatic heterocycles. The van der Waals surface area contributed by atoms with Gasteiger partial charge in [-0.25, -0.2) is 9.69 Å². The van der Waals surface area contributed by atoms with Crippen molar-refractivity contribution in [1.82, 2.24) is 9.80 Å². The Hall–Kier alpha value is -2.37. The third-order valence-electron chi connectivity index (χ3n) is 4.04. The Bertz CT molecular complexity index is 599. The van der Waals surface area contributed by atoms with Gasteiger partial charge in [-0.15, -0.1) is 0 Å². The lowest BCUT2D eigenvalue weighted by atomic mass is 10.1. The molecule has 4 amide bonds. The molecular formula is C15H17N3O3. The number of imide groups is 1. The van der Waals surface area contributed by atoms with Gasteiger partial charge in [-0.1, -0.05) is 18.2 Å². The number of hydrogen-bond acceptors (Lipinski definition) is 3. The molecule has 0 aliphatic carbocycles. The quantitative estimate of drug-likeness (QED) is 0.765. The summed E-state index contributed by atoms with van der Waals surface area (Å²) in [6, 6.07) is 7.40. The van der Waals surface area contributed by atoms with E-state index in [9.17, 15) is 14.4 Å². The largest absolute Gasteiger partial charge is 0.347 e. The Morgan fingerprint density at radius 3 is 2.43 bits per heavy atom. The average molecular weight is 287 g/mol. The van der Waals surface area contributed by atoms with Crippen LogP contribution in [-0.4, -0.2) is 53.8 Å². The third kappa shape index (κ3) is 1.98. The van der Waals surface area contributed by atoms with E-state index >= 15 is 0 Å². The number of rotatable bonds is 2. The first-order chi connectivity index (χ1) is 10.0. The Morgan fingerprint density at radius 1 is 1.14 bits per heavy atom. The maximum atomic E-state index is 12.6. The maximum absolute atomic E-state index is 12.6. The van der Waals surface area contributed by atoms with Crippen LogP contribution in [0.4, 0.5) is 10.5 Å². The standard InChI is InChI=1S/C15H17N3O3/c1-16(2)13(19)11-8-9-12-14(20)17(15(21)18(11)12)10-6-4-3-5-7-10/h3-7,11-12H,8-9H2,1-2H3. The van der Waals surface area contributed by atoms with Crippen molar-refractivity contribution in [2.24, 2.45) is 0 Å². The number of amides is 4. The van der Waals surface area contributed by atoms with Crippen molar-refractivity contribution in [2.45, 2.75) is 24.9 Å². The molecule has 0 radical (unpaired) electrons. The highest BCUT2D eigenvalue weighted by atomic mass is 16.2. The molecule has 2 aliphatic rings. The summed E-state index contributed by atoms with van der Waals surface area (Å²) in [4.78, 5) is 41.3. The number of likely N-dealkylation sites (N-methyl/N-ethyl adjacent to an activating group) is 1. The van der Waals surface area contributed by atoms with Crippen molar-refractivity contribution < 1.29 is 14.4 Å². The number of para-hydroxylation sites is 1. The summed E-state index contributed by atoms with van der Waals surface area (Å²) in [5, 5.41) is 0. The summed E-state index contributed by atoms with van der Waals surface area (Å²) >= 11 is 0. The van der Waals surface area contributed by atoms with E-state index in [4.69, 9.17) is 0 Å². The molecule has 6 heteroatoms. The van der Waals surface area contributed by atoms with Gasteiger partial charge in [0.15, 0.2) is 0 Å². The summed E-state index contributed by atoms with van der Waals surface area (Å²) in [7, 11) is 3.32. The van der Waals surface area contributed by atoms with Crippen LogP contribution in [0.25, 0.3) is 0 Å². The Labute approximate surface area is 122 Å². The van der Waals surface area contributed by atoms with Crippen molar-refractivity contribution in [3.05, 3.63) is 30.3 Å². The van der Waals surface area contributed by atoms with Gasteiger partial charge in [-0.3, -0.25) is 14.5 Å². The van der Waals surface area contributed by atoms with Crippen molar-refractivity contribution in [2.75, 3.05) is 19.0 Å². The smallest absolute Gasteiger partial charge is 0.332 e. The first-order valence-electron chi connectivity index (χ1n) is 6.95. The minimum absolute atomic E-state index is 0.131. The maximum Gasteiger partial charge on any atom is 0.332 e. The number of fused-ring (bicyclic) bond motifs is 1. The zero-order chi connectivity index (χ0) is 15.1. The molecule has 2 heterocycles. The van der Waals surface area contributed by atoms with Gasteiger partial charge in [0.2, 0.25) is 5.91 Å². The first kappa shape index (κ1) is 13.6. The average Bonchev–Trinajstić information content (AvgIpc) is 3.00. The van der Waals surface area contributed by atoms with Gasteiger partial charge in [0.05, 0.1) is 5.69 Å². The molecule has 21 heavy (non-hydrogen) atoms. The fourth-order valence-electron chi connectivity index (χ4n) is 3.03. The molecule has 0 saturated carbocycles. The zero-order valence-electron chi connectivity index (χ0n) is 12.0. The summed E-state index contributed by atoms with van der Waals surface area (Å²) < 4.78 is 0. The van der Waals surface area contributed by atoms with E-state index in [1.165, 1.54) is 14.7 Å². The molecule has 3 rings (SSSR count). The molecule has 2 atom stereocenters. The predicted octanol–water partition coefficient (Wildman–Crippen LogP) is 1.07. The fraction of sp³-hybridized carbons (Fsp3) is 0.400. The Balaban J connectivity index is 1.93. The molecule has 1 aromatic rings. The van der Waals surface area contributed by atoms with E-state index in [-0.39, 0.29) is 11.8 Å². The molecule has 6 nitrogen and oxygen atoms in total. The van der Waals surface area contributed by atoms with E-state index < -0.39 is 18.1 Å². The Kier molecular flexibility index (Phi) is 3.16. The SMILES string of the molecule is CN(C)C(=O)C1CCC2C(=O)N(c3ccccc3)C(=O)N12. The lowest BCUT2D eigenvalue weighted by Crippen LogP contribution is -2.46. The second-order valence-electron chi connectivity index (χ2n) is 5.54. The van der Waals surface area contributed by atoms with Crippen LogP contribution < -0.4 is 4.90 Å². The van der Waals surface area contributed by atoms with E-state index in [0.29, 0.717) is 18.5 Å². The van der Waals surface area contributed by atoms with Gasteiger partial charge >= 0.3 is 6.03 Å². The molecule has 0 aromatic heterocycles. The summed E-state index contributed by atoms with van der Waals surface area (Å²) in [6.45, 7) is 0. The normalized spacial score (nSPS) is 24.5. The summed E-state index contributed by atoms with van der Waals surface area (Å²) in [5.41, 5.74) is 0.554. The third-order valence-corrected chi connectivity index (χ3v) is 4.04. The van der Waals surface area contributed by atoms with Crippen molar-refractivity contribution in [1.29, 1.82) is 0 Å². The number of anilines is 1. The number of carbonyl (C=O) groups is 3. The fourth-order valence-corrected chi connectivity index (χ4v) is 3.03. The highest BCUT2D eigenvalue weighted by Gasteiger charge is 2.54. The highest BCUT2D eigenvalue weighted by Crippen LogP contribution is 2.35. The van der Waals surface area contributed by atoms with Crippen LogP contribution in [0.2, 0.25) is 0 Å². The van der Waals surface area contributed by atoms with Crippen LogP contribution >= 0.6 is 0 Å². The van der Waals surface area contributed by atoms with E-state index in [0.717, 1.165) is 0 Å². The molecule has 2 saturated heterocycles. The van der Waals surface area contributed by atoms with E-state index in [2.05, 4.69) is 0 Å².